The summed E-state index contributed by atoms with van der Waals surface area (Å²) < 4.78 is 0. The highest BCUT2D eigenvalue weighted by atomic mass is 32.1. The van der Waals surface area contributed by atoms with E-state index in [1.807, 2.05) is 11.3 Å². The van der Waals surface area contributed by atoms with Gasteiger partial charge >= 0.3 is 0 Å². The molecule has 0 unspecified atom stereocenters. The first-order chi connectivity index (χ1) is 8.90. The van der Waals surface area contributed by atoms with E-state index in [-0.39, 0.29) is 0 Å². The van der Waals surface area contributed by atoms with Gasteiger partial charge in [0.15, 0.2) is 11.5 Å². The van der Waals surface area contributed by atoms with Crippen LogP contribution >= 0.6 is 11.3 Å². The van der Waals surface area contributed by atoms with Gasteiger partial charge in [0.25, 0.3) is 0 Å². The van der Waals surface area contributed by atoms with Crippen LogP contribution in [0.1, 0.15) is 23.3 Å². The van der Waals surface area contributed by atoms with Crippen molar-refractivity contribution in [2.24, 2.45) is 0 Å². The molecule has 3 aromatic rings. The van der Waals surface area contributed by atoms with Crippen molar-refractivity contribution < 1.29 is 0 Å². The quantitative estimate of drug-likeness (QED) is 0.728. The summed E-state index contributed by atoms with van der Waals surface area (Å²) in [5, 5.41) is 0. The van der Waals surface area contributed by atoms with Gasteiger partial charge in [-0.2, -0.15) is 0 Å². The van der Waals surface area contributed by atoms with Crippen molar-refractivity contribution in [3.05, 3.63) is 29.0 Å². The Morgan fingerprint density at radius 2 is 2.17 bits per heavy atom. The number of hydrogen-bond donors (Lipinski definition) is 1. The van der Waals surface area contributed by atoms with Crippen molar-refractivity contribution >= 4 is 22.5 Å². The number of aryl methyl sites for hydroxylation is 2. The molecule has 0 saturated heterocycles. The zero-order chi connectivity index (χ0) is 11.9. The van der Waals surface area contributed by atoms with E-state index in [1.54, 1.807) is 6.20 Å². The molecule has 5 heteroatoms. The fourth-order valence-electron chi connectivity index (χ4n) is 2.49. The van der Waals surface area contributed by atoms with E-state index in [0.717, 1.165) is 17.0 Å². The van der Waals surface area contributed by atoms with E-state index < -0.39 is 0 Å². The fourth-order valence-corrected chi connectivity index (χ4v) is 3.68. The summed E-state index contributed by atoms with van der Waals surface area (Å²) in [5.41, 5.74) is 3.15. The van der Waals surface area contributed by atoms with Gasteiger partial charge in [0.1, 0.15) is 11.8 Å². The van der Waals surface area contributed by atoms with Crippen molar-refractivity contribution in [2.75, 3.05) is 0 Å². The van der Waals surface area contributed by atoms with Gasteiger partial charge in [0, 0.05) is 4.88 Å². The molecule has 4 nitrogen and oxygen atoms in total. The fraction of sp³-hybridized carbons (Fsp3) is 0.308. The minimum Gasteiger partial charge on any atom is -0.335 e. The Morgan fingerprint density at radius 1 is 1.22 bits per heavy atom. The van der Waals surface area contributed by atoms with Gasteiger partial charge in [-0.15, -0.1) is 11.3 Å². The van der Waals surface area contributed by atoms with Gasteiger partial charge in [-0.05, 0) is 37.3 Å². The number of hydrogen-bond acceptors (Lipinski definition) is 4. The molecule has 3 aromatic heterocycles. The lowest BCUT2D eigenvalue weighted by Gasteiger charge is -2.08. The van der Waals surface area contributed by atoms with Crippen molar-refractivity contribution in [3.63, 3.8) is 0 Å². The van der Waals surface area contributed by atoms with Crippen molar-refractivity contribution in [1.29, 1.82) is 0 Å². The monoisotopic (exact) mass is 256 g/mol. The van der Waals surface area contributed by atoms with E-state index in [4.69, 9.17) is 0 Å². The molecule has 18 heavy (non-hydrogen) atoms. The van der Waals surface area contributed by atoms with Crippen LogP contribution in [0, 0.1) is 0 Å². The zero-order valence-electron chi connectivity index (χ0n) is 9.81. The maximum Gasteiger partial charge on any atom is 0.181 e. The number of thiophene rings is 1. The largest absolute Gasteiger partial charge is 0.335 e. The summed E-state index contributed by atoms with van der Waals surface area (Å²) >= 11 is 1.86. The standard InChI is InChI=1S/C13H12N4S/c1-2-4-10-8(3-1)5-11(18-10)13-16-9-6-14-7-15-12(9)17-13/h5-7H,1-4H2,(H,14,15,16,17). The Labute approximate surface area is 108 Å². The second kappa shape index (κ2) is 3.88. The van der Waals surface area contributed by atoms with Gasteiger partial charge in [-0.1, -0.05) is 0 Å². The van der Waals surface area contributed by atoms with E-state index >= 15 is 0 Å². The summed E-state index contributed by atoms with van der Waals surface area (Å²) in [4.78, 5) is 18.7. The highest BCUT2D eigenvalue weighted by molar-refractivity contribution is 7.15. The Kier molecular flexibility index (Phi) is 2.20. The number of rotatable bonds is 1. The number of nitrogens with zero attached hydrogens (tertiary/aromatic N) is 3. The van der Waals surface area contributed by atoms with Crippen molar-refractivity contribution in [1.82, 2.24) is 19.9 Å². The number of imidazole rings is 1. The van der Waals surface area contributed by atoms with E-state index in [1.165, 1.54) is 47.3 Å². The molecule has 0 saturated carbocycles. The molecule has 90 valence electrons. The average molecular weight is 256 g/mol. The van der Waals surface area contributed by atoms with Crippen LogP contribution in [0.2, 0.25) is 0 Å². The number of H-pyrrole nitrogens is 1. The van der Waals surface area contributed by atoms with Gasteiger partial charge in [-0.25, -0.2) is 15.0 Å². The molecule has 0 spiro atoms. The van der Waals surface area contributed by atoms with E-state index in [9.17, 15) is 0 Å². The second-order valence-electron chi connectivity index (χ2n) is 4.61. The Hall–Kier alpha value is -1.75. The van der Waals surface area contributed by atoms with E-state index in [2.05, 4.69) is 26.0 Å². The summed E-state index contributed by atoms with van der Waals surface area (Å²) in [6.07, 6.45) is 8.37. The number of aromatic amines is 1. The van der Waals surface area contributed by atoms with Crippen LogP contribution in [0.5, 0.6) is 0 Å². The first kappa shape index (κ1) is 10.2. The Bertz CT molecular complexity index is 656. The van der Waals surface area contributed by atoms with Crippen LogP contribution in [-0.2, 0) is 12.8 Å². The molecule has 0 bridgehead atoms. The number of fused-ring (bicyclic) bond motifs is 2. The summed E-state index contributed by atoms with van der Waals surface area (Å²) in [6, 6.07) is 2.28. The molecule has 0 amide bonds. The number of nitrogens with one attached hydrogen (secondary N) is 1. The van der Waals surface area contributed by atoms with Crippen LogP contribution < -0.4 is 0 Å². The van der Waals surface area contributed by atoms with Crippen LogP contribution in [0.3, 0.4) is 0 Å². The minimum atomic E-state index is 0.742. The molecule has 0 atom stereocenters. The second-order valence-corrected chi connectivity index (χ2v) is 5.75. The molecule has 3 heterocycles. The molecule has 1 N–H and O–H groups in total. The Morgan fingerprint density at radius 3 is 3.06 bits per heavy atom. The van der Waals surface area contributed by atoms with Crippen LogP contribution in [0.15, 0.2) is 18.6 Å². The van der Waals surface area contributed by atoms with Gasteiger partial charge in [-0.3, -0.25) is 0 Å². The van der Waals surface area contributed by atoms with Crippen LogP contribution in [-0.4, -0.2) is 19.9 Å². The smallest absolute Gasteiger partial charge is 0.181 e. The third-order valence-electron chi connectivity index (χ3n) is 3.39. The van der Waals surface area contributed by atoms with Crippen LogP contribution in [0.25, 0.3) is 21.9 Å². The topological polar surface area (TPSA) is 54.5 Å². The first-order valence-electron chi connectivity index (χ1n) is 6.18. The predicted molar refractivity (Wildman–Crippen MR) is 71.6 cm³/mol. The summed E-state index contributed by atoms with van der Waals surface area (Å²) in [5.74, 6) is 0.921. The molecule has 0 fully saturated rings. The normalized spacial score (nSPS) is 14.9. The third-order valence-corrected chi connectivity index (χ3v) is 4.64. The van der Waals surface area contributed by atoms with Crippen LogP contribution in [0.4, 0.5) is 0 Å². The Balaban J connectivity index is 1.84. The molecule has 1 aliphatic carbocycles. The molecule has 0 aromatic carbocycles. The minimum absolute atomic E-state index is 0.742. The summed E-state index contributed by atoms with van der Waals surface area (Å²) in [6.45, 7) is 0. The first-order valence-corrected chi connectivity index (χ1v) is 6.99. The third kappa shape index (κ3) is 1.54. The molecular formula is C13H12N4S. The van der Waals surface area contributed by atoms with Gasteiger partial charge < -0.3 is 4.98 Å². The maximum atomic E-state index is 4.53. The molecule has 0 aliphatic heterocycles. The van der Waals surface area contributed by atoms with Gasteiger partial charge in [0.2, 0.25) is 0 Å². The lowest BCUT2D eigenvalue weighted by Crippen LogP contribution is -1.96. The molecule has 1 aliphatic rings. The molecular weight excluding hydrogens is 244 g/mol. The predicted octanol–water partition coefficient (Wildman–Crippen LogP) is 2.96. The van der Waals surface area contributed by atoms with Crippen molar-refractivity contribution in [3.8, 4) is 10.7 Å². The molecule has 0 radical (unpaired) electrons. The maximum absolute atomic E-state index is 4.53. The van der Waals surface area contributed by atoms with Crippen molar-refractivity contribution in [2.45, 2.75) is 25.7 Å². The zero-order valence-corrected chi connectivity index (χ0v) is 10.6. The molecule has 4 rings (SSSR count). The summed E-state index contributed by atoms with van der Waals surface area (Å²) in [7, 11) is 0. The SMILES string of the molecule is c1ncc2[nH]c(-c3cc4c(s3)CCCC4)nc2n1. The number of aromatic nitrogens is 4. The lowest BCUT2D eigenvalue weighted by atomic mass is 9.99. The lowest BCUT2D eigenvalue weighted by molar-refractivity contribution is 0.697. The van der Waals surface area contributed by atoms with Gasteiger partial charge in [0.05, 0.1) is 11.1 Å². The highest BCUT2D eigenvalue weighted by Gasteiger charge is 2.16. The average Bonchev–Trinajstić information content (AvgIpc) is 3.02. The highest BCUT2D eigenvalue weighted by Crippen LogP contribution is 2.34. The van der Waals surface area contributed by atoms with E-state index in [0.29, 0.717) is 0 Å².